The van der Waals surface area contributed by atoms with E-state index in [9.17, 15) is 5.11 Å². The van der Waals surface area contributed by atoms with Gasteiger partial charge in [-0.25, -0.2) is 0 Å². The van der Waals surface area contributed by atoms with Crippen molar-refractivity contribution in [3.63, 3.8) is 0 Å². The van der Waals surface area contributed by atoms with Gasteiger partial charge in [-0.1, -0.05) is 13.3 Å². The summed E-state index contributed by atoms with van der Waals surface area (Å²) in [5.41, 5.74) is 0. The number of ether oxygens (including phenoxy) is 1. The molecule has 0 radical (unpaired) electrons. The Hall–Kier alpha value is -0.120. The first-order chi connectivity index (χ1) is 7.76. The SMILES string of the molecule is CCOCC(O)CNC1CCC(CC)CC1. The highest BCUT2D eigenvalue weighted by Gasteiger charge is 2.19. The highest BCUT2D eigenvalue weighted by Crippen LogP contribution is 2.26. The van der Waals surface area contributed by atoms with Crippen LogP contribution in [0.15, 0.2) is 0 Å². The van der Waals surface area contributed by atoms with Gasteiger partial charge in [0, 0.05) is 19.2 Å². The van der Waals surface area contributed by atoms with Crippen LogP contribution in [0.3, 0.4) is 0 Å². The molecule has 0 bridgehead atoms. The maximum atomic E-state index is 9.62. The lowest BCUT2D eigenvalue weighted by atomic mass is 9.84. The number of aliphatic hydroxyl groups is 1. The molecule has 1 fully saturated rings. The van der Waals surface area contributed by atoms with Gasteiger partial charge in [-0.2, -0.15) is 0 Å². The molecule has 0 saturated heterocycles. The van der Waals surface area contributed by atoms with E-state index in [0.29, 0.717) is 25.8 Å². The minimum Gasteiger partial charge on any atom is -0.389 e. The maximum absolute atomic E-state index is 9.62. The minimum atomic E-state index is -0.358. The normalized spacial score (nSPS) is 27.9. The van der Waals surface area contributed by atoms with Crippen LogP contribution in [0.4, 0.5) is 0 Å². The van der Waals surface area contributed by atoms with E-state index in [2.05, 4.69) is 12.2 Å². The van der Waals surface area contributed by atoms with Gasteiger partial charge in [0.15, 0.2) is 0 Å². The molecular formula is C13H27NO2. The maximum Gasteiger partial charge on any atom is 0.0897 e. The molecule has 3 nitrogen and oxygen atoms in total. The third-order valence-electron chi connectivity index (χ3n) is 3.58. The number of hydrogen-bond acceptors (Lipinski definition) is 3. The zero-order chi connectivity index (χ0) is 11.8. The molecule has 1 aliphatic rings. The van der Waals surface area contributed by atoms with Gasteiger partial charge < -0.3 is 15.2 Å². The molecule has 0 aliphatic heterocycles. The molecule has 0 heterocycles. The summed E-state index contributed by atoms with van der Waals surface area (Å²) in [6, 6.07) is 0.610. The molecular weight excluding hydrogens is 202 g/mol. The van der Waals surface area contributed by atoms with E-state index in [4.69, 9.17) is 4.74 Å². The van der Waals surface area contributed by atoms with E-state index in [1.165, 1.54) is 32.1 Å². The van der Waals surface area contributed by atoms with E-state index in [1.807, 2.05) is 6.92 Å². The van der Waals surface area contributed by atoms with Crippen molar-refractivity contribution < 1.29 is 9.84 Å². The van der Waals surface area contributed by atoms with Crippen LogP contribution in [0.25, 0.3) is 0 Å². The second-order valence-electron chi connectivity index (χ2n) is 4.85. The summed E-state index contributed by atoms with van der Waals surface area (Å²) in [6.45, 7) is 6.03. The molecule has 96 valence electrons. The standard InChI is InChI=1S/C13H27NO2/c1-3-11-5-7-12(8-6-11)14-9-13(15)10-16-4-2/h11-15H,3-10H2,1-2H3. The van der Waals surface area contributed by atoms with Crippen molar-refractivity contribution in [3.05, 3.63) is 0 Å². The second kappa shape index (κ2) is 8.04. The van der Waals surface area contributed by atoms with Crippen LogP contribution in [-0.2, 0) is 4.74 Å². The Bertz CT molecular complexity index is 167. The Kier molecular flexibility index (Phi) is 7.01. The van der Waals surface area contributed by atoms with Gasteiger partial charge in [-0.3, -0.25) is 0 Å². The van der Waals surface area contributed by atoms with Crippen molar-refractivity contribution >= 4 is 0 Å². The lowest BCUT2D eigenvalue weighted by Crippen LogP contribution is -2.39. The number of rotatable bonds is 7. The molecule has 0 amide bonds. The summed E-state index contributed by atoms with van der Waals surface area (Å²) < 4.78 is 5.18. The molecule has 1 rings (SSSR count). The highest BCUT2D eigenvalue weighted by atomic mass is 16.5. The summed E-state index contributed by atoms with van der Waals surface area (Å²) in [5.74, 6) is 0.936. The first-order valence-electron chi connectivity index (χ1n) is 6.75. The third kappa shape index (κ3) is 5.28. The Morgan fingerprint density at radius 1 is 1.25 bits per heavy atom. The molecule has 1 aliphatic carbocycles. The van der Waals surface area contributed by atoms with E-state index in [1.54, 1.807) is 0 Å². The first-order valence-corrected chi connectivity index (χ1v) is 6.75. The summed E-state index contributed by atoms with van der Waals surface area (Å²) in [7, 11) is 0. The Morgan fingerprint density at radius 2 is 1.94 bits per heavy atom. The van der Waals surface area contributed by atoms with E-state index >= 15 is 0 Å². The summed E-state index contributed by atoms with van der Waals surface area (Å²) in [4.78, 5) is 0. The molecule has 0 aromatic carbocycles. The quantitative estimate of drug-likeness (QED) is 0.701. The van der Waals surface area contributed by atoms with E-state index in [0.717, 1.165) is 5.92 Å². The predicted molar refractivity (Wildman–Crippen MR) is 66.5 cm³/mol. The molecule has 1 unspecified atom stereocenters. The van der Waals surface area contributed by atoms with Gasteiger partial charge in [0.25, 0.3) is 0 Å². The molecule has 16 heavy (non-hydrogen) atoms. The average molecular weight is 229 g/mol. The lowest BCUT2D eigenvalue weighted by Gasteiger charge is -2.29. The molecule has 0 aromatic rings. The fourth-order valence-corrected chi connectivity index (χ4v) is 2.39. The smallest absolute Gasteiger partial charge is 0.0897 e. The van der Waals surface area contributed by atoms with Crippen molar-refractivity contribution in [2.24, 2.45) is 5.92 Å². The third-order valence-corrected chi connectivity index (χ3v) is 3.58. The van der Waals surface area contributed by atoms with Gasteiger partial charge >= 0.3 is 0 Å². The van der Waals surface area contributed by atoms with E-state index < -0.39 is 0 Å². The van der Waals surface area contributed by atoms with Gasteiger partial charge in [-0.05, 0) is 38.5 Å². The molecule has 1 saturated carbocycles. The topological polar surface area (TPSA) is 41.5 Å². The van der Waals surface area contributed by atoms with E-state index in [-0.39, 0.29) is 6.10 Å². The van der Waals surface area contributed by atoms with Crippen LogP contribution in [0.1, 0.15) is 46.0 Å². The monoisotopic (exact) mass is 229 g/mol. The predicted octanol–water partition coefficient (Wildman–Crippen LogP) is 1.94. The number of nitrogens with one attached hydrogen (secondary N) is 1. The Balaban J connectivity index is 2.05. The zero-order valence-electron chi connectivity index (χ0n) is 10.7. The lowest BCUT2D eigenvalue weighted by molar-refractivity contribution is 0.0403. The van der Waals surface area contributed by atoms with Crippen LogP contribution in [-0.4, -0.2) is 37.0 Å². The fourth-order valence-electron chi connectivity index (χ4n) is 2.39. The van der Waals surface area contributed by atoms with Crippen LogP contribution in [0, 0.1) is 5.92 Å². The molecule has 2 N–H and O–H groups in total. The first kappa shape index (κ1) is 13.9. The van der Waals surface area contributed by atoms with Gasteiger partial charge in [0.1, 0.15) is 0 Å². The number of aliphatic hydroxyl groups excluding tert-OH is 1. The van der Waals surface area contributed by atoms with Crippen LogP contribution >= 0.6 is 0 Å². The highest BCUT2D eigenvalue weighted by molar-refractivity contribution is 4.77. The summed E-state index contributed by atoms with van der Waals surface area (Å²) in [6.07, 6.45) is 6.18. The van der Waals surface area contributed by atoms with Crippen molar-refractivity contribution in [2.45, 2.75) is 58.1 Å². The minimum absolute atomic E-state index is 0.358. The molecule has 3 heteroatoms. The molecule has 1 atom stereocenters. The van der Waals surface area contributed by atoms with Crippen molar-refractivity contribution in [2.75, 3.05) is 19.8 Å². The van der Waals surface area contributed by atoms with Crippen LogP contribution in [0.5, 0.6) is 0 Å². The Morgan fingerprint density at radius 3 is 2.50 bits per heavy atom. The summed E-state index contributed by atoms with van der Waals surface area (Å²) >= 11 is 0. The molecule has 0 spiro atoms. The molecule has 0 aromatic heterocycles. The fraction of sp³-hybridized carbons (Fsp3) is 1.00. The van der Waals surface area contributed by atoms with Crippen molar-refractivity contribution in [1.82, 2.24) is 5.32 Å². The van der Waals surface area contributed by atoms with Crippen LogP contribution < -0.4 is 5.32 Å². The summed E-state index contributed by atoms with van der Waals surface area (Å²) in [5, 5.41) is 13.1. The largest absolute Gasteiger partial charge is 0.389 e. The van der Waals surface area contributed by atoms with Crippen LogP contribution in [0.2, 0.25) is 0 Å². The Labute approximate surface area is 99.6 Å². The zero-order valence-corrected chi connectivity index (χ0v) is 10.7. The van der Waals surface area contributed by atoms with Crippen molar-refractivity contribution in [1.29, 1.82) is 0 Å². The van der Waals surface area contributed by atoms with Gasteiger partial charge in [0.05, 0.1) is 12.7 Å². The van der Waals surface area contributed by atoms with Gasteiger partial charge in [-0.15, -0.1) is 0 Å². The average Bonchev–Trinajstić information content (AvgIpc) is 2.34. The second-order valence-corrected chi connectivity index (χ2v) is 4.85. The van der Waals surface area contributed by atoms with Gasteiger partial charge in [0.2, 0.25) is 0 Å². The number of hydrogen-bond donors (Lipinski definition) is 2. The van der Waals surface area contributed by atoms with Crippen molar-refractivity contribution in [3.8, 4) is 0 Å².